The Morgan fingerprint density at radius 2 is 2.17 bits per heavy atom. The summed E-state index contributed by atoms with van der Waals surface area (Å²) in [6.07, 6.45) is 0.788. The van der Waals surface area contributed by atoms with Gasteiger partial charge in [0.1, 0.15) is 0 Å². The average molecular weight is 162 g/mol. The highest BCUT2D eigenvalue weighted by Crippen LogP contribution is 2.35. The highest BCUT2D eigenvalue weighted by molar-refractivity contribution is 5.37. The first kappa shape index (κ1) is 7.81. The fourth-order valence-electron chi connectivity index (χ4n) is 1.94. The van der Waals surface area contributed by atoms with Crippen molar-refractivity contribution in [2.75, 3.05) is 0 Å². The molecule has 0 saturated heterocycles. The van der Waals surface area contributed by atoms with E-state index in [0.717, 1.165) is 12.0 Å². The van der Waals surface area contributed by atoms with Gasteiger partial charge in [0.25, 0.3) is 0 Å². The van der Waals surface area contributed by atoms with Crippen LogP contribution in [0.25, 0.3) is 0 Å². The molecule has 1 aliphatic carbocycles. The Hall–Kier alpha value is -0.820. The second-order valence-electron chi connectivity index (χ2n) is 3.83. The maximum absolute atomic E-state index is 9.77. The summed E-state index contributed by atoms with van der Waals surface area (Å²) in [6, 6.07) is 6.35. The molecule has 0 bridgehead atoms. The molecule has 0 radical (unpaired) electrons. The van der Waals surface area contributed by atoms with Crippen molar-refractivity contribution in [2.24, 2.45) is 5.92 Å². The molecule has 1 nitrogen and oxygen atoms in total. The second kappa shape index (κ2) is 2.60. The Labute approximate surface area is 73.0 Å². The molecule has 0 aromatic heterocycles. The molecule has 2 rings (SSSR count). The summed E-state index contributed by atoms with van der Waals surface area (Å²) >= 11 is 0. The number of hydrogen-bond donors (Lipinski definition) is 1. The molecule has 1 aliphatic rings. The van der Waals surface area contributed by atoms with Gasteiger partial charge >= 0.3 is 0 Å². The molecule has 1 aromatic carbocycles. The van der Waals surface area contributed by atoms with Gasteiger partial charge in [-0.15, -0.1) is 0 Å². The van der Waals surface area contributed by atoms with Crippen LogP contribution in [-0.2, 0) is 6.42 Å². The van der Waals surface area contributed by atoms with E-state index in [4.69, 9.17) is 0 Å². The second-order valence-corrected chi connectivity index (χ2v) is 3.83. The lowest BCUT2D eigenvalue weighted by Crippen LogP contribution is -2.01. The Morgan fingerprint density at radius 1 is 1.42 bits per heavy atom. The third-order valence-corrected chi connectivity index (χ3v) is 2.70. The lowest BCUT2D eigenvalue weighted by molar-refractivity contribution is 0.133. The van der Waals surface area contributed by atoms with Crippen molar-refractivity contribution in [3.05, 3.63) is 34.9 Å². The summed E-state index contributed by atoms with van der Waals surface area (Å²) in [5.41, 5.74) is 3.70. The number of hydrogen-bond acceptors (Lipinski definition) is 1. The van der Waals surface area contributed by atoms with Crippen LogP contribution in [0.3, 0.4) is 0 Å². The molecule has 12 heavy (non-hydrogen) atoms. The largest absolute Gasteiger partial charge is 0.388 e. The Bertz CT molecular complexity index is 304. The molecule has 0 aliphatic heterocycles. The van der Waals surface area contributed by atoms with Crippen LogP contribution in [0.1, 0.15) is 29.7 Å². The summed E-state index contributed by atoms with van der Waals surface area (Å²) in [7, 11) is 0. The van der Waals surface area contributed by atoms with Crippen molar-refractivity contribution in [1.82, 2.24) is 0 Å². The van der Waals surface area contributed by atoms with E-state index in [1.54, 1.807) is 0 Å². The lowest BCUT2D eigenvalue weighted by Gasteiger charge is -2.08. The van der Waals surface area contributed by atoms with E-state index >= 15 is 0 Å². The molecule has 0 spiro atoms. The number of aliphatic hydroxyl groups is 1. The quantitative estimate of drug-likeness (QED) is 0.620. The highest BCUT2D eigenvalue weighted by atomic mass is 16.3. The van der Waals surface area contributed by atoms with E-state index < -0.39 is 0 Å². The minimum Gasteiger partial charge on any atom is -0.388 e. The minimum atomic E-state index is -0.236. The number of aryl methyl sites for hydroxylation is 1. The predicted molar refractivity (Wildman–Crippen MR) is 49.0 cm³/mol. The van der Waals surface area contributed by atoms with Crippen LogP contribution in [0.4, 0.5) is 0 Å². The van der Waals surface area contributed by atoms with Crippen LogP contribution < -0.4 is 0 Å². The van der Waals surface area contributed by atoms with Crippen molar-refractivity contribution >= 4 is 0 Å². The Kier molecular flexibility index (Phi) is 1.69. The fourth-order valence-corrected chi connectivity index (χ4v) is 1.94. The van der Waals surface area contributed by atoms with Gasteiger partial charge in [0, 0.05) is 0 Å². The zero-order chi connectivity index (χ0) is 8.72. The van der Waals surface area contributed by atoms with Gasteiger partial charge in [-0.25, -0.2) is 0 Å². The number of rotatable bonds is 0. The summed E-state index contributed by atoms with van der Waals surface area (Å²) in [5.74, 6) is 0.391. The normalized spacial score (nSPS) is 27.2. The van der Waals surface area contributed by atoms with E-state index in [9.17, 15) is 5.11 Å². The number of benzene rings is 1. The summed E-state index contributed by atoms with van der Waals surface area (Å²) in [5, 5.41) is 9.77. The van der Waals surface area contributed by atoms with Gasteiger partial charge < -0.3 is 5.11 Å². The monoisotopic (exact) mass is 162 g/mol. The fraction of sp³-hybridized carbons (Fsp3) is 0.455. The standard InChI is InChI=1S/C11H14O/c1-7-3-4-9-6-8(2)11(12)10(9)5-7/h3-5,8,11-12H,6H2,1-2H3/t8-,11-/m0/s1. The van der Waals surface area contributed by atoms with Gasteiger partial charge in [-0.3, -0.25) is 0 Å². The zero-order valence-electron chi connectivity index (χ0n) is 7.54. The van der Waals surface area contributed by atoms with Gasteiger partial charge in [0.05, 0.1) is 6.10 Å². The van der Waals surface area contributed by atoms with Crippen molar-refractivity contribution in [1.29, 1.82) is 0 Å². The topological polar surface area (TPSA) is 20.2 Å². The van der Waals surface area contributed by atoms with Crippen LogP contribution >= 0.6 is 0 Å². The molecule has 64 valence electrons. The van der Waals surface area contributed by atoms with Gasteiger partial charge in [0.2, 0.25) is 0 Å². The molecule has 0 unspecified atom stereocenters. The first-order valence-corrected chi connectivity index (χ1v) is 4.46. The molecule has 1 heteroatoms. The average Bonchev–Trinajstić information content (AvgIpc) is 2.31. The Morgan fingerprint density at radius 3 is 2.92 bits per heavy atom. The molecule has 1 N–H and O–H groups in total. The van der Waals surface area contributed by atoms with E-state index in [2.05, 4.69) is 32.0 Å². The molecule has 0 amide bonds. The van der Waals surface area contributed by atoms with Gasteiger partial charge in [-0.2, -0.15) is 0 Å². The molecular weight excluding hydrogens is 148 g/mol. The summed E-state index contributed by atoms with van der Waals surface area (Å²) < 4.78 is 0. The van der Waals surface area contributed by atoms with Crippen LogP contribution in [0, 0.1) is 12.8 Å². The van der Waals surface area contributed by atoms with Crippen LogP contribution in [0.5, 0.6) is 0 Å². The minimum absolute atomic E-state index is 0.236. The number of fused-ring (bicyclic) bond motifs is 1. The SMILES string of the molecule is Cc1ccc2c(c1)[C@@H](O)[C@@H](C)C2. The van der Waals surface area contributed by atoms with E-state index in [-0.39, 0.29) is 6.10 Å². The summed E-state index contributed by atoms with van der Waals surface area (Å²) in [6.45, 7) is 4.16. The van der Waals surface area contributed by atoms with Crippen LogP contribution in [0.2, 0.25) is 0 Å². The molecule has 0 heterocycles. The van der Waals surface area contributed by atoms with Crippen molar-refractivity contribution in [3.63, 3.8) is 0 Å². The van der Waals surface area contributed by atoms with Gasteiger partial charge in [0.15, 0.2) is 0 Å². The van der Waals surface area contributed by atoms with Gasteiger partial charge in [-0.1, -0.05) is 30.7 Å². The third kappa shape index (κ3) is 1.05. The first-order chi connectivity index (χ1) is 5.68. The van der Waals surface area contributed by atoms with Crippen molar-refractivity contribution in [2.45, 2.75) is 26.4 Å². The molecule has 0 saturated carbocycles. The van der Waals surface area contributed by atoms with Crippen molar-refractivity contribution < 1.29 is 5.11 Å². The smallest absolute Gasteiger partial charge is 0.0821 e. The Balaban J connectivity index is 2.48. The molecule has 1 aromatic rings. The maximum atomic E-state index is 9.77. The lowest BCUT2D eigenvalue weighted by atomic mass is 10.1. The third-order valence-electron chi connectivity index (χ3n) is 2.70. The molecule has 2 atom stereocenters. The number of aliphatic hydroxyl groups excluding tert-OH is 1. The van der Waals surface area contributed by atoms with E-state index in [0.29, 0.717) is 5.92 Å². The highest BCUT2D eigenvalue weighted by Gasteiger charge is 2.26. The maximum Gasteiger partial charge on any atom is 0.0821 e. The zero-order valence-corrected chi connectivity index (χ0v) is 7.54. The summed E-state index contributed by atoms with van der Waals surface area (Å²) in [4.78, 5) is 0. The van der Waals surface area contributed by atoms with Crippen molar-refractivity contribution in [3.8, 4) is 0 Å². The van der Waals surface area contributed by atoms with E-state index in [1.165, 1.54) is 11.1 Å². The van der Waals surface area contributed by atoms with E-state index in [1.807, 2.05) is 0 Å². The first-order valence-electron chi connectivity index (χ1n) is 4.46. The van der Waals surface area contributed by atoms with Gasteiger partial charge in [-0.05, 0) is 30.4 Å². The van der Waals surface area contributed by atoms with Crippen LogP contribution in [0.15, 0.2) is 18.2 Å². The molecule has 0 fully saturated rings. The predicted octanol–water partition coefficient (Wildman–Crippen LogP) is 2.22. The van der Waals surface area contributed by atoms with Crippen LogP contribution in [-0.4, -0.2) is 5.11 Å². The molecular formula is C11H14O.